The fourth-order valence-electron chi connectivity index (χ4n) is 13.6. The summed E-state index contributed by atoms with van der Waals surface area (Å²) in [4.78, 5) is 7.70. The Morgan fingerprint density at radius 2 is 0.512 bits per heavy atom. The van der Waals surface area contributed by atoms with Crippen molar-refractivity contribution in [3.8, 4) is 0 Å². The fraction of sp³-hybridized carbons (Fsp3) is 0.778. The zero-order valence-electron chi connectivity index (χ0n) is 52.8. The van der Waals surface area contributed by atoms with Crippen LogP contribution in [-0.2, 0) is 63.2 Å². The normalized spacial score (nSPS) is 27.7. The van der Waals surface area contributed by atoms with E-state index in [0.29, 0.717) is 0 Å². The second-order valence-electron chi connectivity index (χ2n) is 25.2. The van der Waals surface area contributed by atoms with Gasteiger partial charge in [0.25, 0.3) is 0 Å². The van der Waals surface area contributed by atoms with Gasteiger partial charge in [0, 0.05) is 17.1 Å². The first-order valence-corrected chi connectivity index (χ1v) is 35.1. The molecule has 11 fully saturated rings. The molecular formula is C72H119N9Pt3. The molecule has 0 aromatic heterocycles. The molecule has 6 aliphatic carbocycles. The van der Waals surface area contributed by atoms with Crippen LogP contribution in [0.2, 0.25) is 0 Å². The molecule has 0 bridgehead atoms. The summed E-state index contributed by atoms with van der Waals surface area (Å²) in [6.07, 6.45) is 83.5. The maximum Gasteiger partial charge on any atom is 4.00 e. The van der Waals surface area contributed by atoms with Gasteiger partial charge in [-0.1, -0.05) is 261 Å². The summed E-state index contributed by atoms with van der Waals surface area (Å²) < 4.78 is 0. The van der Waals surface area contributed by atoms with Gasteiger partial charge in [-0.2, -0.15) is 83.2 Å². The van der Waals surface area contributed by atoms with Crippen LogP contribution in [0.25, 0.3) is 31.9 Å². The van der Waals surface area contributed by atoms with Crippen LogP contribution in [0.4, 0.5) is 17.1 Å². The molecular weight excluding hydrogens is 1580 g/mol. The van der Waals surface area contributed by atoms with Crippen molar-refractivity contribution in [2.24, 2.45) is 0 Å². The minimum absolute atomic E-state index is 0. The third kappa shape index (κ3) is 30.7. The number of hydrogen-bond donors (Lipinski definition) is 0. The van der Waals surface area contributed by atoms with Crippen molar-refractivity contribution < 1.29 is 63.2 Å². The van der Waals surface area contributed by atoms with Crippen molar-refractivity contribution >= 4 is 17.1 Å². The monoisotopic (exact) mass is 1690 g/mol. The number of anilines is 3. The van der Waals surface area contributed by atoms with E-state index in [1.165, 1.54) is 274 Å². The van der Waals surface area contributed by atoms with Crippen molar-refractivity contribution in [3.05, 3.63) is 113 Å². The van der Waals surface area contributed by atoms with E-state index < -0.39 is 0 Å². The predicted octanol–water partition coefficient (Wildman–Crippen LogP) is 22.2. The number of hydrogen-bond acceptors (Lipinski definition) is 3. The molecule has 13 rings (SSSR count). The van der Waals surface area contributed by atoms with E-state index >= 15 is 0 Å². The van der Waals surface area contributed by atoms with Crippen molar-refractivity contribution in [2.45, 2.75) is 326 Å². The van der Waals surface area contributed by atoms with Gasteiger partial charge in [-0.3, -0.25) is 0 Å². The Labute approximate surface area is 562 Å². The molecule has 1 aromatic carbocycles. The summed E-state index contributed by atoms with van der Waals surface area (Å²) in [6, 6.07) is 7.31. The summed E-state index contributed by atoms with van der Waals surface area (Å²) >= 11 is 0. The maximum absolute atomic E-state index is 5.23. The van der Waals surface area contributed by atoms with E-state index in [1.54, 1.807) is 0 Å². The molecule has 0 amide bonds. The van der Waals surface area contributed by atoms with Crippen LogP contribution in [0, 0.1) is 38.5 Å². The van der Waals surface area contributed by atoms with Crippen molar-refractivity contribution in [1.82, 2.24) is 0 Å². The van der Waals surface area contributed by atoms with Gasteiger partial charge in [-0.25, -0.2) is 0 Å². The predicted molar refractivity (Wildman–Crippen MR) is 353 cm³/mol. The Hall–Kier alpha value is -0.235. The second kappa shape index (κ2) is 50.4. The van der Waals surface area contributed by atoms with Crippen molar-refractivity contribution in [3.63, 3.8) is 0 Å². The number of nitrogens with zero attached hydrogens (tertiary/aromatic N) is 9. The van der Waals surface area contributed by atoms with E-state index in [0.717, 1.165) is 64.8 Å². The first kappa shape index (κ1) is 76.2. The Balaban J connectivity index is 0.000000308. The van der Waals surface area contributed by atoms with E-state index in [9.17, 15) is 0 Å². The van der Waals surface area contributed by atoms with Gasteiger partial charge in [-0.05, 0) is 24.4 Å². The molecule has 0 N–H and O–H groups in total. The summed E-state index contributed by atoms with van der Waals surface area (Å²) in [7, 11) is 0. The van der Waals surface area contributed by atoms with Crippen molar-refractivity contribution in [1.29, 1.82) is 0 Å². The Morgan fingerprint density at radius 1 is 0.274 bits per heavy atom. The number of allylic oxidation sites excluding steroid dienone is 2. The van der Waals surface area contributed by atoms with Crippen molar-refractivity contribution in [2.75, 3.05) is 47.4 Å². The minimum atomic E-state index is -0.0793. The van der Waals surface area contributed by atoms with Crippen LogP contribution in [0.3, 0.4) is 0 Å². The second-order valence-corrected chi connectivity index (χ2v) is 25.2. The van der Waals surface area contributed by atoms with Crippen LogP contribution in [0.1, 0.15) is 289 Å². The van der Waals surface area contributed by atoms with Crippen LogP contribution in [0.5, 0.6) is 0 Å². The number of rotatable bonds is 9. The maximum atomic E-state index is 5.23. The molecule has 1 aromatic rings. The standard InChI is InChI=1S/C36H53N9.6C6H11.3Pt/c1-7-19-37-31(13-1)43(32-14-2-8-20-38-32)28-25-29(44(33-15-3-9-21-39-33)34-16-4-10-22-40-34)27-30(26-28)45(35-17-5-11-23-41-35)36-18-6-12-24-42-36;6*1-2-4-6-5-3-1;;;/h1,7,13,19,25-27,31-36H,2-6,8-12,14-18,20-24H2;6*1H,2-6H2;;;/q-6;6*-1;3*+4. The molecule has 482 valence electrons. The zero-order valence-corrected chi connectivity index (χ0v) is 59.6. The zero-order chi connectivity index (χ0) is 55.7. The molecule has 0 spiro atoms. The van der Waals surface area contributed by atoms with E-state index in [1.807, 2.05) is 12.3 Å². The average molecular weight is 1700 g/mol. The first-order chi connectivity index (χ1) is 40.3. The van der Waals surface area contributed by atoms with Gasteiger partial charge < -0.3 is 85.1 Å². The third-order valence-electron chi connectivity index (χ3n) is 18.3. The molecule has 6 saturated carbocycles. The van der Waals surface area contributed by atoms with Crippen LogP contribution < -0.4 is 14.7 Å². The molecule has 6 atom stereocenters. The molecule has 12 heteroatoms. The SMILES string of the molecule is C1=C[N-]C(N(c2cc(N(C3CCCC[N-]3)C3CCCC[N-]3)cc(N(C3CCCC[N-]3)C3CCCC[N-]3)c2)C2CCCC[N-]2)C=C1.[CH-]1CCCCC1.[CH-]1CCCCC1.[CH-]1CCCCC1.[CH-]1CCCCC1.[CH-]1CCCCC1.[CH-]1CCCCC1.[Pt+4].[Pt+4].[Pt+4]. The molecule has 6 aliphatic heterocycles. The Kier molecular flexibility index (Phi) is 45.7. The molecule has 5 saturated heterocycles. The summed E-state index contributed by atoms with van der Waals surface area (Å²) in [5.41, 5.74) is 3.67. The topological polar surface area (TPSA) is 94.3 Å². The smallest absolute Gasteiger partial charge is 0.668 e. The Bertz CT molecular complexity index is 1440. The van der Waals surface area contributed by atoms with Crippen LogP contribution >= 0.6 is 0 Å². The summed E-state index contributed by atoms with van der Waals surface area (Å²) in [5.74, 6) is 0. The molecule has 6 heterocycles. The average Bonchev–Trinajstić information content (AvgIpc) is 3.72. The number of piperidine rings is 5. The number of benzene rings is 1. The van der Waals surface area contributed by atoms with Crippen LogP contribution in [0.15, 0.2) is 42.6 Å². The van der Waals surface area contributed by atoms with Gasteiger partial charge in [-0.15, -0.1) is 32.7 Å². The largest absolute Gasteiger partial charge is 4.00 e. The molecule has 9 nitrogen and oxygen atoms in total. The molecule has 0 radical (unpaired) electrons. The van der Waals surface area contributed by atoms with E-state index in [-0.39, 0.29) is 100 Å². The van der Waals surface area contributed by atoms with Gasteiger partial charge in [0.15, 0.2) is 0 Å². The minimum Gasteiger partial charge on any atom is -0.668 e. The van der Waals surface area contributed by atoms with Gasteiger partial charge in [0.2, 0.25) is 0 Å². The molecule has 6 unspecified atom stereocenters. The van der Waals surface area contributed by atoms with E-state index in [2.05, 4.69) is 83.6 Å². The summed E-state index contributed by atoms with van der Waals surface area (Å²) in [6.45, 7) is 4.70. The first-order valence-electron chi connectivity index (χ1n) is 35.1. The summed E-state index contributed by atoms with van der Waals surface area (Å²) in [5, 5.41) is 31.1. The van der Waals surface area contributed by atoms with Crippen LogP contribution in [-0.4, -0.2) is 69.7 Å². The quantitative estimate of drug-likeness (QED) is 0.231. The van der Waals surface area contributed by atoms with Gasteiger partial charge in [0.1, 0.15) is 0 Å². The third-order valence-corrected chi connectivity index (χ3v) is 18.3. The Morgan fingerprint density at radius 3 is 0.690 bits per heavy atom. The van der Waals surface area contributed by atoms with E-state index in [4.69, 9.17) is 31.9 Å². The van der Waals surface area contributed by atoms with Gasteiger partial charge in [0.05, 0.1) is 0 Å². The fourth-order valence-corrected chi connectivity index (χ4v) is 13.6. The molecule has 84 heavy (non-hydrogen) atoms. The van der Waals surface area contributed by atoms with Gasteiger partial charge >= 0.3 is 63.2 Å². The molecule has 12 aliphatic rings.